The molecule has 7 nitrogen and oxygen atoms in total. The third-order valence-corrected chi connectivity index (χ3v) is 4.08. The van der Waals surface area contributed by atoms with Crippen LogP contribution in [0.2, 0.25) is 5.02 Å². The predicted molar refractivity (Wildman–Crippen MR) is 91.8 cm³/mol. The fourth-order valence-electron chi connectivity index (χ4n) is 2.48. The second-order valence-electron chi connectivity index (χ2n) is 5.49. The Labute approximate surface area is 149 Å². The molecule has 0 aliphatic carbocycles. The van der Waals surface area contributed by atoms with Gasteiger partial charge in [-0.25, -0.2) is 9.78 Å². The lowest BCUT2D eigenvalue weighted by Gasteiger charge is -2.14. The van der Waals surface area contributed by atoms with Crippen LogP contribution >= 0.6 is 11.6 Å². The standard InChI is InChI=1S/C17H15ClN4O3/c18-12-6-2-1-5-11(12)10-22-16(24)13(20-17(22)25)9-15(23)21-14-7-3-4-8-19-14/h1-8,13H,9-10H2,(H,20,25)(H,19,21,23)/t13-/m1/s1. The summed E-state index contributed by atoms with van der Waals surface area (Å²) >= 11 is 6.07. The zero-order valence-electron chi connectivity index (χ0n) is 13.1. The van der Waals surface area contributed by atoms with Crippen LogP contribution in [-0.2, 0) is 16.1 Å². The van der Waals surface area contributed by atoms with Crippen molar-refractivity contribution in [2.24, 2.45) is 0 Å². The van der Waals surface area contributed by atoms with Gasteiger partial charge in [-0.1, -0.05) is 35.9 Å². The summed E-state index contributed by atoms with van der Waals surface area (Å²) in [6, 6.07) is 10.6. The molecule has 1 saturated heterocycles. The molecule has 0 saturated carbocycles. The normalized spacial score (nSPS) is 16.7. The van der Waals surface area contributed by atoms with Gasteiger partial charge in [0, 0.05) is 11.2 Å². The minimum atomic E-state index is -0.904. The van der Waals surface area contributed by atoms with E-state index in [2.05, 4.69) is 15.6 Å². The van der Waals surface area contributed by atoms with Crippen molar-refractivity contribution in [3.05, 3.63) is 59.2 Å². The maximum atomic E-state index is 12.4. The molecule has 2 N–H and O–H groups in total. The number of anilines is 1. The number of imide groups is 1. The highest BCUT2D eigenvalue weighted by Crippen LogP contribution is 2.20. The number of hydrogen-bond acceptors (Lipinski definition) is 4. The van der Waals surface area contributed by atoms with Gasteiger partial charge in [-0.15, -0.1) is 0 Å². The number of urea groups is 1. The smallest absolute Gasteiger partial charge is 0.325 e. The second-order valence-corrected chi connectivity index (χ2v) is 5.89. The van der Waals surface area contributed by atoms with Crippen LogP contribution in [0.15, 0.2) is 48.7 Å². The zero-order chi connectivity index (χ0) is 17.8. The van der Waals surface area contributed by atoms with Crippen LogP contribution < -0.4 is 10.6 Å². The molecule has 8 heteroatoms. The lowest BCUT2D eigenvalue weighted by Crippen LogP contribution is -2.34. The zero-order valence-corrected chi connectivity index (χ0v) is 13.9. The average molecular weight is 359 g/mol. The van der Waals surface area contributed by atoms with Gasteiger partial charge in [-0.05, 0) is 23.8 Å². The number of rotatable bonds is 5. The summed E-state index contributed by atoms with van der Waals surface area (Å²) in [7, 11) is 0. The van der Waals surface area contributed by atoms with Crippen molar-refractivity contribution in [3.63, 3.8) is 0 Å². The molecule has 0 radical (unpaired) electrons. The highest BCUT2D eigenvalue weighted by atomic mass is 35.5. The minimum Gasteiger partial charge on any atom is -0.325 e. The van der Waals surface area contributed by atoms with Crippen LogP contribution in [0, 0.1) is 0 Å². The van der Waals surface area contributed by atoms with E-state index < -0.39 is 23.9 Å². The highest BCUT2D eigenvalue weighted by Gasteiger charge is 2.39. The monoisotopic (exact) mass is 358 g/mol. The Morgan fingerprint density at radius 3 is 2.68 bits per heavy atom. The van der Waals surface area contributed by atoms with Crippen molar-refractivity contribution in [1.82, 2.24) is 15.2 Å². The first-order chi connectivity index (χ1) is 12.0. The molecule has 25 heavy (non-hydrogen) atoms. The Morgan fingerprint density at radius 1 is 1.20 bits per heavy atom. The number of benzene rings is 1. The Balaban J connectivity index is 1.63. The average Bonchev–Trinajstić information content (AvgIpc) is 2.85. The van der Waals surface area contributed by atoms with E-state index in [1.165, 1.54) is 0 Å². The maximum Gasteiger partial charge on any atom is 0.325 e. The number of pyridine rings is 1. The van der Waals surface area contributed by atoms with Gasteiger partial charge < -0.3 is 10.6 Å². The van der Waals surface area contributed by atoms with E-state index in [0.29, 0.717) is 16.4 Å². The van der Waals surface area contributed by atoms with E-state index in [-0.39, 0.29) is 13.0 Å². The number of nitrogens with one attached hydrogen (secondary N) is 2. The van der Waals surface area contributed by atoms with E-state index in [4.69, 9.17) is 11.6 Å². The lowest BCUT2D eigenvalue weighted by molar-refractivity contribution is -0.130. The van der Waals surface area contributed by atoms with Crippen LogP contribution in [0.25, 0.3) is 0 Å². The fraction of sp³-hybridized carbons (Fsp3) is 0.176. The van der Waals surface area contributed by atoms with Crippen molar-refractivity contribution < 1.29 is 14.4 Å². The van der Waals surface area contributed by atoms with Crippen LogP contribution in [-0.4, -0.2) is 33.8 Å². The van der Waals surface area contributed by atoms with Crippen LogP contribution in [0.3, 0.4) is 0 Å². The Kier molecular flexibility index (Phi) is 4.95. The van der Waals surface area contributed by atoms with Crippen LogP contribution in [0.4, 0.5) is 10.6 Å². The summed E-state index contributed by atoms with van der Waals surface area (Å²) in [5.74, 6) is -0.477. The molecule has 2 aromatic rings. The summed E-state index contributed by atoms with van der Waals surface area (Å²) in [5.41, 5.74) is 0.659. The first-order valence-electron chi connectivity index (χ1n) is 7.61. The van der Waals surface area contributed by atoms with Crippen molar-refractivity contribution in [1.29, 1.82) is 0 Å². The van der Waals surface area contributed by atoms with Gasteiger partial charge >= 0.3 is 6.03 Å². The number of halogens is 1. The van der Waals surface area contributed by atoms with Gasteiger partial charge in [0.1, 0.15) is 11.9 Å². The van der Waals surface area contributed by atoms with Gasteiger partial charge in [0.05, 0.1) is 13.0 Å². The van der Waals surface area contributed by atoms with Gasteiger partial charge in [-0.3, -0.25) is 14.5 Å². The van der Waals surface area contributed by atoms with Crippen LogP contribution in [0.1, 0.15) is 12.0 Å². The third-order valence-electron chi connectivity index (χ3n) is 3.72. The molecule has 3 rings (SSSR count). The molecule has 1 fully saturated rings. The summed E-state index contributed by atoms with van der Waals surface area (Å²) in [5, 5.41) is 5.58. The first-order valence-corrected chi connectivity index (χ1v) is 7.98. The van der Waals surface area contributed by atoms with Crippen molar-refractivity contribution in [2.45, 2.75) is 19.0 Å². The highest BCUT2D eigenvalue weighted by molar-refractivity contribution is 6.31. The molecule has 1 aromatic heterocycles. The molecule has 1 aliphatic rings. The first kappa shape index (κ1) is 16.9. The number of carbonyl (C=O) groups is 3. The van der Waals surface area contributed by atoms with E-state index >= 15 is 0 Å². The number of hydrogen-bond donors (Lipinski definition) is 2. The van der Waals surface area contributed by atoms with Crippen LogP contribution in [0.5, 0.6) is 0 Å². The molecule has 0 unspecified atom stereocenters. The second kappa shape index (κ2) is 7.31. The van der Waals surface area contributed by atoms with Gasteiger partial charge in [0.15, 0.2) is 0 Å². The number of nitrogens with zero attached hydrogens (tertiary/aromatic N) is 2. The third kappa shape index (κ3) is 3.95. The quantitative estimate of drug-likeness (QED) is 0.801. The molecule has 128 valence electrons. The van der Waals surface area contributed by atoms with Gasteiger partial charge in [0.2, 0.25) is 5.91 Å². The minimum absolute atomic E-state index is 0.0582. The maximum absolute atomic E-state index is 12.4. The van der Waals surface area contributed by atoms with Gasteiger partial charge in [0.25, 0.3) is 5.91 Å². The number of carbonyl (C=O) groups excluding carboxylic acids is 3. The molecule has 0 bridgehead atoms. The van der Waals surface area contributed by atoms with Crippen molar-refractivity contribution >= 4 is 35.3 Å². The number of aromatic nitrogens is 1. The van der Waals surface area contributed by atoms with Crippen molar-refractivity contribution in [3.8, 4) is 0 Å². The molecule has 1 aliphatic heterocycles. The molecular weight excluding hydrogens is 344 g/mol. The van der Waals surface area contributed by atoms with E-state index in [1.807, 2.05) is 0 Å². The van der Waals surface area contributed by atoms with E-state index in [9.17, 15) is 14.4 Å². The Morgan fingerprint density at radius 2 is 1.96 bits per heavy atom. The molecular formula is C17H15ClN4O3. The summed E-state index contributed by atoms with van der Waals surface area (Å²) in [6.45, 7) is 0.0582. The number of amides is 4. The Hall–Kier alpha value is -2.93. The van der Waals surface area contributed by atoms with Gasteiger partial charge in [-0.2, -0.15) is 0 Å². The molecule has 1 aromatic carbocycles. The SMILES string of the molecule is O=C(C[C@H]1NC(=O)N(Cc2ccccc2Cl)C1=O)Nc1ccccn1. The molecule has 4 amide bonds. The summed E-state index contributed by atoms with van der Waals surface area (Å²) < 4.78 is 0. The lowest BCUT2D eigenvalue weighted by atomic mass is 10.1. The molecule has 2 heterocycles. The van der Waals surface area contributed by atoms with E-state index in [1.54, 1.807) is 48.7 Å². The predicted octanol–water partition coefficient (Wildman–Crippen LogP) is 2.18. The molecule has 1 atom stereocenters. The largest absolute Gasteiger partial charge is 0.325 e. The Bertz CT molecular complexity index is 813. The molecule has 0 spiro atoms. The topological polar surface area (TPSA) is 91.4 Å². The van der Waals surface area contributed by atoms with Crippen molar-refractivity contribution in [2.75, 3.05) is 5.32 Å². The summed E-state index contributed by atoms with van der Waals surface area (Å²) in [6.07, 6.45) is 1.38. The fourth-order valence-corrected chi connectivity index (χ4v) is 2.67. The van der Waals surface area contributed by atoms with E-state index in [0.717, 1.165) is 4.90 Å². The summed E-state index contributed by atoms with van der Waals surface area (Å²) in [4.78, 5) is 41.6.